The number of anilines is 1. The van der Waals surface area contributed by atoms with Crippen molar-refractivity contribution in [2.45, 2.75) is 0 Å². The van der Waals surface area contributed by atoms with Gasteiger partial charge in [-0.15, -0.1) is 0 Å². The highest BCUT2D eigenvalue weighted by Crippen LogP contribution is 2.10. The molecule has 0 spiro atoms. The summed E-state index contributed by atoms with van der Waals surface area (Å²) in [7, 11) is 1.69. The van der Waals surface area contributed by atoms with Gasteiger partial charge in [-0.3, -0.25) is 4.99 Å². The average Bonchev–Trinajstić information content (AvgIpc) is 2.16. The second-order valence-corrected chi connectivity index (χ2v) is 2.48. The van der Waals surface area contributed by atoms with Crippen molar-refractivity contribution >= 4 is 17.6 Å². The van der Waals surface area contributed by atoms with E-state index in [9.17, 15) is 0 Å². The Bertz CT molecular complexity index is 324. The van der Waals surface area contributed by atoms with Gasteiger partial charge in [-0.2, -0.15) is 0 Å². The molecule has 0 fully saturated rings. The molecule has 0 aliphatic carbocycles. The Hall–Kier alpha value is -1.84. The Balaban J connectivity index is 3.00. The smallest absolute Gasteiger partial charge is 0.123 e. The van der Waals surface area contributed by atoms with E-state index in [2.05, 4.69) is 9.98 Å². The fourth-order valence-electron chi connectivity index (χ4n) is 0.929. The zero-order valence-corrected chi connectivity index (χ0v) is 7.44. The summed E-state index contributed by atoms with van der Waals surface area (Å²) in [5, 5.41) is 0. The number of allylic oxidation sites excluding steroid dienone is 1. The van der Waals surface area contributed by atoms with Gasteiger partial charge in [0.2, 0.25) is 0 Å². The molecule has 1 aromatic rings. The van der Waals surface area contributed by atoms with Crippen molar-refractivity contribution in [1.82, 2.24) is 4.98 Å². The van der Waals surface area contributed by atoms with E-state index < -0.39 is 0 Å². The van der Waals surface area contributed by atoms with E-state index in [1.165, 1.54) is 6.20 Å². The molecule has 68 valence electrons. The summed E-state index contributed by atoms with van der Waals surface area (Å²) in [6.45, 7) is 0. The number of nitrogen functional groups attached to an aromatic ring is 1. The highest BCUT2D eigenvalue weighted by atomic mass is 14.8. The Morgan fingerprint density at radius 1 is 1.54 bits per heavy atom. The number of nitrogens with two attached hydrogens (primary N) is 2. The van der Waals surface area contributed by atoms with Crippen LogP contribution < -0.4 is 11.5 Å². The lowest BCUT2D eigenvalue weighted by molar-refractivity contribution is 1.32. The molecule has 0 bridgehead atoms. The fraction of sp³-hybridized carbons (Fsp3) is 0.111. The van der Waals surface area contributed by atoms with E-state index in [-0.39, 0.29) is 0 Å². The molecule has 0 aliphatic heterocycles. The minimum absolute atomic E-state index is 0.494. The molecule has 0 aliphatic rings. The molecule has 0 amide bonds. The van der Waals surface area contributed by atoms with Gasteiger partial charge >= 0.3 is 0 Å². The third-order valence-corrected chi connectivity index (χ3v) is 1.57. The van der Waals surface area contributed by atoms with Crippen LogP contribution in [0.3, 0.4) is 0 Å². The number of rotatable bonds is 2. The van der Waals surface area contributed by atoms with E-state index in [0.29, 0.717) is 5.82 Å². The van der Waals surface area contributed by atoms with Crippen molar-refractivity contribution in [3.8, 4) is 0 Å². The van der Waals surface area contributed by atoms with Crippen LogP contribution in [0.5, 0.6) is 0 Å². The highest BCUT2D eigenvalue weighted by Gasteiger charge is 1.97. The minimum atomic E-state index is 0.494. The SMILES string of the molecule is CN=CC(=CN)c1ccc(N)nc1. The zero-order valence-electron chi connectivity index (χ0n) is 7.44. The summed E-state index contributed by atoms with van der Waals surface area (Å²) in [5.74, 6) is 0.494. The van der Waals surface area contributed by atoms with Crippen LogP contribution in [0, 0.1) is 0 Å². The summed E-state index contributed by atoms with van der Waals surface area (Å²) >= 11 is 0. The molecule has 4 nitrogen and oxygen atoms in total. The molecule has 13 heavy (non-hydrogen) atoms. The van der Waals surface area contributed by atoms with Gasteiger partial charge in [0.1, 0.15) is 5.82 Å². The van der Waals surface area contributed by atoms with Gasteiger partial charge in [0.15, 0.2) is 0 Å². The van der Waals surface area contributed by atoms with Crippen molar-refractivity contribution < 1.29 is 0 Å². The van der Waals surface area contributed by atoms with Gasteiger partial charge in [-0.1, -0.05) is 0 Å². The van der Waals surface area contributed by atoms with Gasteiger partial charge in [0, 0.05) is 36.8 Å². The zero-order chi connectivity index (χ0) is 9.68. The molecule has 0 saturated heterocycles. The van der Waals surface area contributed by atoms with Crippen LogP contribution in [-0.4, -0.2) is 18.2 Å². The van der Waals surface area contributed by atoms with Crippen molar-refractivity contribution in [3.05, 3.63) is 30.1 Å². The highest BCUT2D eigenvalue weighted by molar-refractivity contribution is 6.09. The standard InChI is InChI=1S/C9H12N4/c1-12-5-8(4-10)7-2-3-9(11)13-6-7/h2-6H,10H2,1H3,(H2,11,13). The van der Waals surface area contributed by atoms with Crippen molar-refractivity contribution in [2.24, 2.45) is 10.7 Å². The topological polar surface area (TPSA) is 77.3 Å². The first-order valence-corrected chi connectivity index (χ1v) is 3.84. The van der Waals surface area contributed by atoms with Gasteiger partial charge in [0.05, 0.1) is 0 Å². The average molecular weight is 176 g/mol. The van der Waals surface area contributed by atoms with E-state index >= 15 is 0 Å². The predicted octanol–water partition coefficient (Wildman–Crippen LogP) is 0.664. The Morgan fingerprint density at radius 2 is 2.31 bits per heavy atom. The van der Waals surface area contributed by atoms with Crippen LogP contribution in [0.2, 0.25) is 0 Å². The first-order valence-electron chi connectivity index (χ1n) is 3.84. The molecule has 4 heteroatoms. The third kappa shape index (κ3) is 2.30. The van der Waals surface area contributed by atoms with E-state index in [0.717, 1.165) is 11.1 Å². The molecule has 0 atom stereocenters. The van der Waals surface area contributed by atoms with E-state index in [4.69, 9.17) is 11.5 Å². The Morgan fingerprint density at radius 3 is 2.77 bits per heavy atom. The first-order chi connectivity index (χ1) is 6.27. The molecular formula is C9H12N4. The lowest BCUT2D eigenvalue weighted by Crippen LogP contribution is -1.94. The predicted molar refractivity (Wildman–Crippen MR) is 55.2 cm³/mol. The van der Waals surface area contributed by atoms with Crippen LogP contribution >= 0.6 is 0 Å². The Labute approximate surface area is 77.0 Å². The maximum Gasteiger partial charge on any atom is 0.123 e. The number of nitrogens with zero attached hydrogens (tertiary/aromatic N) is 2. The monoisotopic (exact) mass is 176 g/mol. The maximum atomic E-state index is 5.45. The molecule has 1 aromatic heterocycles. The molecule has 0 saturated carbocycles. The van der Waals surface area contributed by atoms with Gasteiger partial charge in [-0.25, -0.2) is 4.98 Å². The summed E-state index contributed by atoms with van der Waals surface area (Å²) in [6.07, 6.45) is 4.82. The van der Waals surface area contributed by atoms with Crippen LogP contribution in [0.4, 0.5) is 5.82 Å². The lowest BCUT2D eigenvalue weighted by Gasteiger charge is -1.99. The van der Waals surface area contributed by atoms with E-state index in [1.807, 2.05) is 6.07 Å². The summed E-state index contributed by atoms with van der Waals surface area (Å²) in [5.41, 5.74) is 12.6. The lowest BCUT2D eigenvalue weighted by atomic mass is 10.1. The molecule has 1 heterocycles. The van der Waals surface area contributed by atoms with Gasteiger partial charge in [0.25, 0.3) is 0 Å². The number of pyridine rings is 1. The quantitative estimate of drug-likeness (QED) is 0.650. The molecular weight excluding hydrogens is 164 g/mol. The van der Waals surface area contributed by atoms with E-state index in [1.54, 1.807) is 25.5 Å². The van der Waals surface area contributed by atoms with Crippen LogP contribution in [0.1, 0.15) is 5.56 Å². The number of hydrogen-bond acceptors (Lipinski definition) is 4. The minimum Gasteiger partial charge on any atom is -0.404 e. The summed E-state index contributed by atoms with van der Waals surface area (Å²) in [4.78, 5) is 7.82. The number of aromatic nitrogens is 1. The van der Waals surface area contributed by atoms with Crippen molar-refractivity contribution in [3.63, 3.8) is 0 Å². The van der Waals surface area contributed by atoms with Crippen LogP contribution in [0.25, 0.3) is 5.57 Å². The van der Waals surface area contributed by atoms with Crippen LogP contribution in [0.15, 0.2) is 29.5 Å². The van der Waals surface area contributed by atoms with Gasteiger partial charge in [-0.05, 0) is 12.1 Å². The fourth-order valence-corrected chi connectivity index (χ4v) is 0.929. The maximum absolute atomic E-state index is 5.45. The second-order valence-electron chi connectivity index (χ2n) is 2.48. The largest absolute Gasteiger partial charge is 0.404 e. The normalized spacial score (nSPS) is 12.2. The molecule has 0 unspecified atom stereocenters. The molecule has 1 rings (SSSR count). The molecule has 4 N–H and O–H groups in total. The Kier molecular flexibility index (Phi) is 3.03. The molecule has 0 aromatic carbocycles. The second kappa shape index (κ2) is 4.25. The first kappa shape index (κ1) is 9.25. The summed E-state index contributed by atoms with van der Waals surface area (Å²) < 4.78 is 0. The number of hydrogen-bond donors (Lipinski definition) is 2. The number of aliphatic imine (C=N–C) groups is 1. The summed E-state index contributed by atoms with van der Waals surface area (Å²) in [6, 6.07) is 3.57. The van der Waals surface area contributed by atoms with Gasteiger partial charge < -0.3 is 11.5 Å². The van der Waals surface area contributed by atoms with Crippen molar-refractivity contribution in [1.29, 1.82) is 0 Å². The third-order valence-electron chi connectivity index (χ3n) is 1.57. The van der Waals surface area contributed by atoms with Crippen LogP contribution in [-0.2, 0) is 0 Å². The molecule has 0 radical (unpaired) electrons. The van der Waals surface area contributed by atoms with Crippen molar-refractivity contribution in [2.75, 3.05) is 12.8 Å².